The normalized spacial score (nSPS) is 19.0. The van der Waals surface area contributed by atoms with Gasteiger partial charge in [-0.3, -0.25) is 9.78 Å². The van der Waals surface area contributed by atoms with Crippen LogP contribution < -0.4 is 4.74 Å². The molecule has 0 radical (unpaired) electrons. The number of ether oxygens (including phenoxy) is 1. The number of hydrogen-bond donors (Lipinski definition) is 2. The fourth-order valence-corrected chi connectivity index (χ4v) is 5.53. The second-order valence-electron chi connectivity index (χ2n) is 8.73. The number of alkyl halides is 6. The van der Waals surface area contributed by atoms with Gasteiger partial charge in [0, 0.05) is 18.9 Å². The van der Waals surface area contributed by atoms with E-state index in [2.05, 4.69) is 9.97 Å². The molecule has 0 spiro atoms. The standard InChI is InChI=1S/C20H18N4O5S.2C2HF3O2/c25-20(14-6-9-28-13-14)23-11-16-17(12-23)29-19-18(5-3-8-22-19)30(26,27)24(16)10-15-4-1-2-7-21-15;2*3-2(4,5)1(6)7/h1-9,13,16-17H,10-12H2;2*(H,6,7). The maximum Gasteiger partial charge on any atom is 0.490 e. The number of nitrogens with zero attached hydrogens (tertiary/aromatic N) is 4. The summed E-state index contributed by atoms with van der Waals surface area (Å²) in [4.78, 5) is 40.6. The van der Waals surface area contributed by atoms with Gasteiger partial charge >= 0.3 is 24.3 Å². The summed E-state index contributed by atoms with van der Waals surface area (Å²) < 4.78 is 103. The van der Waals surface area contributed by atoms with E-state index in [0.29, 0.717) is 11.3 Å². The number of rotatable bonds is 3. The van der Waals surface area contributed by atoms with Crippen molar-refractivity contribution in [3.8, 4) is 5.88 Å². The van der Waals surface area contributed by atoms with Gasteiger partial charge in [0.25, 0.3) is 5.91 Å². The van der Waals surface area contributed by atoms with E-state index in [1.165, 1.54) is 29.1 Å². The van der Waals surface area contributed by atoms with Gasteiger partial charge in [-0.05, 0) is 30.3 Å². The topological polar surface area (TPSA) is 180 Å². The number of carboxylic acid groups (broad SMARTS) is 2. The zero-order chi connectivity index (χ0) is 32.9. The molecule has 5 heterocycles. The van der Waals surface area contributed by atoms with E-state index < -0.39 is 46.5 Å². The van der Waals surface area contributed by atoms with Gasteiger partial charge < -0.3 is 24.3 Å². The predicted molar refractivity (Wildman–Crippen MR) is 131 cm³/mol. The fourth-order valence-electron chi connectivity index (χ4n) is 3.85. The number of aromatic nitrogens is 2. The smallest absolute Gasteiger partial charge is 0.475 e. The molecule has 5 rings (SSSR count). The van der Waals surface area contributed by atoms with Crippen LogP contribution in [0.15, 0.2) is 70.6 Å². The van der Waals surface area contributed by atoms with Crippen molar-refractivity contribution in [3.63, 3.8) is 0 Å². The van der Waals surface area contributed by atoms with Crippen LogP contribution in [0.4, 0.5) is 26.3 Å². The number of amides is 1. The van der Waals surface area contributed by atoms with Crippen molar-refractivity contribution in [1.82, 2.24) is 19.2 Å². The van der Waals surface area contributed by atoms with Gasteiger partial charge in [-0.2, -0.15) is 30.6 Å². The Morgan fingerprint density at radius 2 is 1.52 bits per heavy atom. The zero-order valence-corrected chi connectivity index (χ0v) is 22.6. The minimum Gasteiger partial charge on any atom is -0.475 e. The number of likely N-dealkylation sites (tertiary alicyclic amines) is 1. The molecule has 0 saturated carbocycles. The van der Waals surface area contributed by atoms with Crippen LogP contribution in [0.3, 0.4) is 0 Å². The van der Waals surface area contributed by atoms with Crippen LogP contribution in [-0.2, 0) is 26.2 Å². The van der Waals surface area contributed by atoms with Crippen LogP contribution in [0, 0.1) is 0 Å². The molecule has 0 aromatic carbocycles. The highest BCUT2D eigenvalue weighted by molar-refractivity contribution is 7.89. The maximum atomic E-state index is 13.5. The number of sulfonamides is 1. The average molecular weight is 654 g/mol. The summed E-state index contributed by atoms with van der Waals surface area (Å²) in [5, 5.41) is 14.2. The Morgan fingerprint density at radius 3 is 2.05 bits per heavy atom. The Balaban J connectivity index is 0.000000317. The third-order valence-electron chi connectivity index (χ3n) is 5.78. The first-order chi connectivity index (χ1) is 20.4. The number of carbonyl (C=O) groups is 3. The van der Waals surface area contributed by atoms with Gasteiger partial charge in [0.1, 0.15) is 17.3 Å². The van der Waals surface area contributed by atoms with Gasteiger partial charge in [-0.25, -0.2) is 23.0 Å². The monoisotopic (exact) mass is 654 g/mol. The first-order valence-electron chi connectivity index (χ1n) is 11.9. The molecule has 0 aliphatic carbocycles. The lowest BCUT2D eigenvalue weighted by atomic mass is 10.2. The van der Waals surface area contributed by atoms with Crippen molar-refractivity contribution in [2.45, 2.75) is 35.9 Å². The molecule has 44 heavy (non-hydrogen) atoms. The molecule has 1 saturated heterocycles. The summed E-state index contributed by atoms with van der Waals surface area (Å²) in [6, 6.07) is 9.39. The Bertz CT molecular complexity index is 1540. The number of halogens is 6. The van der Waals surface area contributed by atoms with Gasteiger partial charge in [0.2, 0.25) is 15.9 Å². The van der Waals surface area contributed by atoms with E-state index in [4.69, 9.17) is 29.0 Å². The first-order valence-corrected chi connectivity index (χ1v) is 13.3. The van der Waals surface area contributed by atoms with E-state index in [1.807, 2.05) is 0 Å². The third kappa shape index (κ3) is 8.22. The quantitative estimate of drug-likeness (QED) is 0.397. The number of pyridine rings is 2. The number of aliphatic carboxylic acids is 2. The Morgan fingerprint density at radius 1 is 0.909 bits per heavy atom. The molecule has 2 unspecified atom stereocenters. The molecule has 3 aromatic heterocycles. The predicted octanol–water partition coefficient (Wildman–Crippen LogP) is 2.81. The minimum atomic E-state index is -5.08. The van der Waals surface area contributed by atoms with E-state index in [1.54, 1.807) is 41.4 Å². The molecule has 2 aliphatic heterocycles. The summed E-state index contributed by atoms with van der Waals surface area (Å²) >= 11 is 0. The number of fused-ring (bicyclic) bond motifs is 2. The Hall–Kier alpha value is -4.72. The minimum absolute atomic E-state index is 0.0167. The van der Waals surface area contributed by atoms with Crippen molar-refractivity contribution < 1.29 is 68.5 Å². The first kappa shape index (κ1) is 33.8. The van der Waals surface area contributed by atoms with E-state index in [-0.39, 0.29) is 36.3 Å². The molecule has 2 atom stereocenters. The largest absolute Gasteiger partial charge is 0.490 e. The molecule has 1 amide bonds. The van der Waals surface area contributed by atoms with Crippen LogP contribution in [-0.4, -0.2) is 93.2 Å². The Labute approximate surface area is 243 Å². The lowest BCUT2D eigenvalue weighted by Gasteiger charge is -2.27. The van der Waals surface area contributed by atoms with Gasteiger partial charge in [0.05, 0.1) is 36.7 Å². The molecule has 13 nitrogen and oxygen atoms in total. The molecule has 2 N–H and O–H groups in total. The number of carbonyl (C=O) groups excluding carboxylic acids is 1. The van der Waals surface area contributed by atoms with E-state index >= 15 is 0 Å². The number of carboxylic acids is 2. The average Bonchev–Trinajstić information content (AvgIpc) is 3.61. The molecule has 0 bridgehead atoms. The summed E-state index contributed by atoms with van der Waals surface area (Å²) in [6.45, 7) is 0.490. The van der Waals surface area contributed by atoms with Gasteiger partial charge in [0.15, 0.2) is 0 Å². The van der Waals surface area contributed by atoms with Crippen molar-refractivity contribution in [3.05, 3.63) is 72.6 Å². The number of hydrogen-bond acceptors (Lipinski definition) is 9. The molecule has 238 valence electrons. The molecule has 20 heteroatoms. The molecule has 2 aliphatic rings. The lowest BCUT2D eigenvalue weighted by molar-refractivity contribution is -0.193. The van der Waals surface area contributed by atoms with Crippen LogP contribution in [0.1, 0.15) is 16.1 Å². The van der Waals surface area contributed by atoms with Crippen LogP contribution >= 0.6 is 0 Å². The van der Waals surface area contributed by atoms with Crippen LogP contribution in [0.2, 0.25) is 0 Å². The molecular formula is C24H20F6N4O9S. The van der Waals surface area contributed by atoms with Crippen LogP contribution in [0.25, 0.3) is 0 Å². The second kappa shape index (κ2) is 13.3. The highest BCUT2D eigenvalue weighted by atomic mass is 32.2. The van der Waals surface area contributed by atoms with Crippen LogP contribution in [0.5, 0.6) is 5.88 Å². The van der Waals surface area contributed by atoms with Crippen molar-refractivity contribution in [2.24, 2.45) is 0 Å². The summed E-state index contributed by atoms with van der Waals surface area (Å²) in [7, 11) is -3.93. The molecular weight excluding hydrogens is 634 g/mol. The molecule has 1 fully saturated rings. The zero-order valence-electron chi connectivity index (χ0n) is 21.8. The summed E-state index contributed by atoms with van der Waals surface area (Å²) in [6.07, 6.45) is -4.82. The highest BCUT2D eigenvalue weighted by Gasteiger charge is 2.49. The van der Waals surface area contributed by atoms with Crippen molar-refractivity contribution in [2.75, 3.05) is 13.1 Å². The SMILES string of the molecule is O=C(O)C(F)(F)F.O=C(O)C(F)(F)F.O=C(c1ccoc1)N1CC2Oc3ncccc3S(=O)(=O)N(Cc3ccccn3)C2C1. The maximum absolute atomic E-state index is 13.5. The summed E-state index contributed by atoms with van der Waals surface area (Å²) in [5.41, 5.74) is 1.01. The van der Waals surface area contributed by atoms with Crippen molar-refractivity contribution in [1.29, 1.82) is 0 Å². The molecule has 3 aromatic rings. The number of furan rings is 1. The summed E-state index contributed by atoms with van der Waals surface area (Å²) in [5.74, 6) is -5.70. The Kier molecular flexibility index (Phi) is 10.2. The van der Waals surface area contributed by atoms with E-state index in [9.17, 15) is 39.6 Å². The third-order valence-corrected chi connectivity index (χ3v) is 7.66. The fraction of sp³-hybridized carbons (Fsp3) is 0.292. The highest BCUT2D eigenvalue weighted by Crippen LogP contribution is 2.36. The van der Waals surface area contributed by atoms with E-state index in [0.717, 1.165) is 0 Å². The van der Waals surface area contributed by atoms with Gasteiger partial charge in [-0.1, -0.05) is 6.07 Å². The second-order valence-corrected chi connectivity index (χ2v) is 10.6. The lowest BCUT2D eigenvalue weighted by Crippen LogP contribution is -2.46. The van der Waals surface area contributed by atoms with Crippen molar-refractivity contribution >= 4 is 27.9 Å². The van der Waals surface area contributed by atoms with Gasteiger partial charge in [-0.15, -0.1) is 0 Å².